The van der Waals surface area contributed by atoms with Crippen molar-refractivity contribution >= 4 is 33.5 Å². The van der Waals surface area contributed by atoms with Crippen molar-refractivity contribution in [2.45, 2.75) is 6.92 Å². The van der Waals surface area contributed by atoms with E-state index in [1.54, 1.807) is 19.1 Å². The third-order valence-electron chi connectivity index (χ3n) is 1.99. The predicted molar refractivity (Wildman–Crippen MR) is 72.3 cm³/mol. The van der Waals surface area contributed by atoms with Crippen molar-refractivity contribution in [3.63, 3.8) is 0 Å². The lowest BCUT2D eigenvalue weighted by Gasteiger charge is -2.06. The van der Waals surface area contributed by atoms with Gasteiger partial charge in [0, 0.05) is 10.2 Å². The standard InChI is InChI=1S/C12H15BrN2O3/c1-2-18-12(17)8-14-7-11(16)15-10-5-3-9(13)4-6-10/h3-6,14H,2,7-8H2,1H3,(H,15,16). The molecule has 18 heavy (non-hydrogen) atoms. The van der Waals surface area contributed by atoms with E-state index >= 15 is 0 Å². The Hall–Kier alpha value is -1.40. The van der Waals surface area contributed by atoms with Crippen molar-refractivity contribution in [1.29, 1.82) is 0 Å². The quantitative estimate of drug-likeness (QED) is 0.782. The van der Waals surface area contributed by atoms with Gasteiger partial charge in [0.25, 0.3) is 0 Å². The molecule has 5 nitrogen and oxygen atoms in total. The first-order valence-electron chi connectivity index (χ1n) is 5.53. The van der Waals surface area contributed by atoms with Gasteiger partial charge in [0.15, 0.2) is 0 Å². The second kappa shape index (κ2) is 7.84. The van der Waals surface area contributed by atoms with Gasteiger partial charge < -0.3 is 10.1 Å². The molecule has 2 N–H and O–H groups in total. The molecule has 0 unspecified atom stereocenters. The molecule has 0 aliphatic rings. The van der Waals surface area contributed by atoms with Crippen LogP contribution in [0.4, 0.5) is 5.69 Å². The Labute approximate surface area is 114 Å². The highest BCUT2D eigenvalue weighted by atomic mass is 79.9. The van der Waals surface area contributed by atoms with E-state index in [4.69, 9.17) is 4.74 Å². The van der Waals surface area contributed by atoms with Crippen LogP contribution in [0.5, 0.6) is 0 Å². The van der Waals surface area contributed by atoms with Gasteiger partial charge in [-0.05, 0) is 31.2 Å². The van der Waals surface area contributed by atoms with Crippen LogP contribution in [0.2, 0.25) is 0 Å². The predicted octanol–water partition coefficient (Wildman–Crippen LogP) is 1.54. The summed E-state index contributed by atoms with van der Waals surface area (Å²) in [5, 5.41) is 5.41. The molecule has 0 fully saturated rings. The fourth-order valence-corrected chi connectivity index (χ4v) is 1.49. The minimum absolute atomic E-state index is 0.0294. The molecule has 0 saturated heterocycles. The topological polar surface area (TPSA) is 67.4 Å². The SMILES string of the molecule is CCOC(=O)CNCC(=O)Nc1ccc(Br)cc1. The van der Waals surface area contributed by atoms with Crippen molar-refractivity contribution < 1.29 is 14.3 Å². The van der Waals surface area contributed by atoms with Crippen molar-refractivity contribution in [1.82, 2.24) is 5.32 Å². The highest BCUT2D eigenvalue weighted by molar-refractivity contribution is 9.10. The number of amides is 1. The number of carbonyl (C=O) groups is 2. The second-order valence-corrected chi connectivity index (χ2v) is 4.38. The molecule has 1 rings (SSSR count). The van der Waals surface area contributed by atoms with Gasteiger partial charge in [0.05, 0.1) is 19.7 Å². The highest BCUT2D eigenvalue weighted by Crippen LogP contribution is 2.13. The maximum atomic E-state index is 11.5. The lowest BCUT2D eigenvalue weighted by molar-refractivity contribution is -0.141. The van der Waals surface area contributed by atoms with Crippen molar-refractivity contribution in [2.75, 3.05) is 25.0 Å². The molecule has 6 heteroatoms. The van der Waals surface area contributed by atoms with Gasteiger partial charge in [-0.25, -0.2) is 0 Å². The normalized spacial score (nSPS) is 9.89. The number of hydrogen-bond donors (Lipinski definition) is 2. The summed E-state index contributed by atoms with van der Waals surface area (Å²) in [5.74, 6) is -0.574. The van der Waals surface area contributed by atoms with Gasteiger partial charge in [-0.2, -0.15) is 0 Å². The van der Waals surface area contributed by atoms with Gasteiger partial charge in [-0.15, -0.1) is 0 Å². The van der Waals surface area contributed by atoms with Gasteiger partial charge in [-0.3, -0.25) is 14.9 Å². The van der Waals surface area contributed by atoms with Gasteiger partial charge in [0.1, 0.15) is 0 Å². The summed E-state index contributed by atoms with van der Waals surface area (Å²) in [6.07, 6.45) is 0. The summed E-state index contributed by atoms with van der Waals surface area (Å²) in [6, 6.07) is 7.24. The fourth-order valence-electron chi connectivity index (χ4n) is 1.23. The molecule has 0 bridgehead atoms. The molecule has 1 aromatic rings. The van der Waals surface area contributed by atoms with Crippen LogP contribution in [0.3, 0.4) is 0 Å². The van der Waals surface area contributed by atoms with Crippen LogP contribution >= 0.6 is 15.9 Å². The van der Waals surface area contributed by atoms with Crippen LogP contribution in [0, 0.1) is 0 Å². The van der Waals surface area contributed by atoms with Crippen LogP contribution in [0.1, 0.15) is 6.92 Å². The zero-order valence-corrected chi connectivity index (χ0v) is 11.6. The lowest BCUT2D eigenvalue weighted by Crippen LogP contribution is -2.32. The number of nitrogens with one attached hydrogen (secondary N) is 2. The lowest BCUT2D eigenvalue weighted by atomic mass is 10.3. The molecule has 0 spiro atoms. The largest absolute Gasteiger partial charge is 0.465 e. The average molecular weight is 315 g/mol. The molecule has 0 saturated carbocycles. The average Bonchev–Trinajstić information content (AvgIpc) is 2.32. The molecule has 98 valence electrons. The van der Waals surface area contributed by atoms with E-state index in [1.165, 1.54) is 0 Å². The van der Waals surface area contributed by atoms with Crippen LogP contribution in [-0.2, 0) is 14.3 Å². The first kappa shape index (κ1) is 14.7. The zero-order valence-electron chi connectivity index (χ0n) is 10.0. The fraction of sp³-hybridized carbons (Fsp3) is 0.333. The molecule has 0 radical (unpaired) electrons. The molecular weight excluding hydrogens is 300 g/mol. The zero-order chi connectivity index (χ0) is 13.4. The molecule has 0 aliphatic carbocycles. The number of benzene rings is 1. The Morgan fingerprint density at radius 1 is 1.22 bits per heavy atom. The van der Waals surface area contributed by atoms with E-state index in [9.17, 15) is 9.59 Å². The number of hydrogen-bond acceptors (Lipinski definition) is 4. The van der Waals surface area contributed by atoms with Crippen molar-refractivity contribution in [2.24, 2.45) is 0 Å². The third-order valence-corrected chi connectivity index (χ3v) is 2.52. The van der Waals surface area contributed by atoms with E-state index in [1.807, 2.05) is 12.1 Å². The number of ether oxygens (including phenoxy) is 1. The van der Waals surface area contributed by atoms with E-state index in [2.05, 4.69) is 26.6 Å². The summed E-state index contributed by atoms with van der Waals surface area (Å²) >= 11 is 3.31. The van der Waals surface area contributed by atoms with E-state index in [0.29, 0.717) is 12.3 Å². The van der Waals surface area contributed by atoms with Gasteiger partial charge >= 0.3 is 5.97 Å². The Bertz CT molecular complexity index is 406. The van der Waals surface area contributed by atoms with Gasteiger partial charge in [0.2, 0.25) is 5.91 Å². The van der Waals surface area contributed by atoms with Crippen molar-refractivity contribution in [3.05, 3.63) is 28.7 Å². The van der Waals surface area contributed by atoms with Crippen LogP contribution < -0.4 is 10.6 Å². The molecule has 0 atom stereocenters. The first-order chi connectivity index (χ1) is 8.61. The summed E-state index contributed by atoms with van der Waals surface area (Å²) in [4.78, 5) is 22.5. The van der Waals surface area contributed by atoms with E-state index in [-0.39, 0.29) is 25.0 Å². The molecule has 1 aromatic carbocycles. The monoisotopic (exact) mass is 314 g/mol. The van der Waals surface area contributed by atoms with E-state index < -0.39 is 0 Å². The molecule has 1 amide bonds. The molecular formula is C12H15BrN2O3. The molecule has 0 heterocycles. The summed E-state index contributed by atoms with van der Waals surface area (Å²) < 4.78 is 5.66. The van der Waals surface area contributed by atoms with Crippen LogP contribution in [0.15, 0.2) is 28.7 Å². The first-order valence-corrected chi connectivity index (χ1v) is 6.33. The maximum Gasteiger partial charge on any atom is 0.319 e. The van der Waals surface area contributed by atoms with Crippen LogP contribution in [-0.4, -0.2) is 31.6 Å². The Morgan fingerprint density at radius 2 is 1.89 bits per heavy atom. The number of anilines is 1. The van der Waals surface area contributed by atoms with Gasteiger partial charge in [-0.1, -0.05) is 15.9 Å². The van der Waals surface area contributed by atoms with E-state index in [0.717, 1.165) is 4.47 Å². The molecule has 0 aliphatic heterocycles. The minimum Gasteiger partial charge on any atom is -0.465 e. The Morgan fingerprint density at radius 3 is 2.50 bits per heavy atom. The molecule has 0 aromatic heterocycles. The number of rotatable bonds is 6. The van der Waals surface area contributed by atoms with Crippen LogP contribution in [0.25, 0.3) is 0 Å². The minimum atomic E-state index is -0.367. The summed E-state index contributed by atoms with van der Waals surface area (Å²) in [5.41, 5.74) is 0.709. The Kier molecular flexibility index (Phi) is 6.38. The summed E-state index contributed by atoms with van der Waals surface area (Å²) in [7, 11) is 0. The highest BCUT2D eigenvalue weighted by Gasteiger charge is 2.04. The Balaban J connectivity index is 2.25. The number of halogens is 1. The second-order valence-electron chi connectivity index (χ2n) is 3.46. The maximum absolute atomic E-state index is 11.5. The smallest absolute Gasteiger partial charge is 0.319 e. The third kappa shape index (κ3) is 5.79. The number of esters is 1. The summed E-state index contributed by atoms with van der Waals surface area (Å²) in [6.45, 7) is 2.17. The number of carbonyl (C=O) groups excluding carboxylic acids is 2. The van der Waals surface area contributed by atoms with Crippen molar-refractivity contribution in [3.8, 4) is 0 Å².